The Morgan fingerprint density at radius 1 is 1.25 bits per heavy atom. The SMILES string of the molecule is Cc1ccc(C)n1NC(=O)c1cccnc1. The van der Waals surface area contributed by atoms with Crippen molar-refractivity contribution in [3.8, 4) is 0 Å². The minimum atomic E-state index is -0.157. The van der Waals surface area contributed by atoms with E-state index in [1.165, 1.54) is 0 Å². The molecule has 0 unspecified atom stereocenters. The van der Waals surface area contributed by atoms with Crippen molar-refractivity contribution < 1.29 is 4.79 Å². The first-order chi connectivity index (χ1) is 7.68. The van der Waals surface area contributed by atoms with Crippen molar-refractivity contribution in [2.24, 2.45) is 0 Å². The molecule has 2 aromatic rings. The highest BCUT2D eigenvalue weighted by atomic mass is 16.2. The number of amides is 1. The highest BCUT2D eigenvalue weighted by molar-refractivity contribution is 5.99. The Balaban J connectivity index is 2.21. The van der Waals surface area contributed by atoms with Crippen LogP contribution < -0.4 is 5.43 Å². The van der Waals surface area contributed by atoms with Crippen LogP contribution in [0.3, 0.4) is 0 Å². The standard InChI is InChI=1S/C12H13N3O/c1-9-5-6-10(2)15(9)14-12(16)11-4-3-7-13-8-11/h3-8H,1-2H3,(H,14,16). The molecule has 2 heterocycles. The van der Waals surface area contributed by atoms with Gasteiger partial charge in [0.15, 0.2) is 0 Å². The summed E-state index contributed by atoms with van der Waals surface area (Å²) >= 11 is 0. The van der Waals surface area contributed by atoms with E-state index in [9.17, 15) is 4.79 Å². The van der Waals surface area contributed by atoms with Gasteiger partial charge in [0.05, 0.1) is 5.56 Å². The number of pyridine rings is 1. The largest absolute Gasteiger partial charge is 0.271 e. The van der Waals surface area contributed by atoms with Crippen LogP contribution in [-0.4, -0.2) is 15.6 Å². The lowest BCUT2D eigenvalue weighted by Gasteiger charge is -2.10. The first-order valence-electron chi connectivity index (χ1n) is 5.05. The van der Waals surface area contributed by atoms with Crippen molar-refractivity contribution in [3.05, 3.63) is 53.6 Å². The van der Waals surface area contributed by atoms with E-state index in [4.69, 9.17) is 0 Å². The van der Waals surface area contributed by atoms with Gasteiger partial charge in [0.25, 0.3) is 5.91 Å². The monoisotopic (exact) mass is 215 g/mol. The molecule has 0 bridgehead atoms. The summed E-state index contributed by atoms with van der Waals surface area (Å²) in [6.07, 6.45) is 3.19. The third-order valence-corrected chi connectivity index (χ3v) is 2.41. The molecule has 4 heteroatoms. The van der Waals surface area contributed by atoms with Crippen LogP contribution in [0.4, 0.5) is 0 Å². The van der Waals surface area contributed by atoms with Gasteiger partial charge in [-0.15, -0.1) is 0 Å². The number of nitrogens with zero attached hydrogens (tertiary/aromatic N) is 2. The van der Waals surface area contributed by atoms with Crippen LogP contribution in [0.25, 0.3) is 0 Å². The molecular weight excluding hydrogens is 202 g/mol. The molecule has 0 atom stereocenters. The first-order valence-corrected chi connectivity index (χ1v) is 5.05. The molecule has 0 aliphatic rings. The van der Waals surface area contributed by atoms with Crippen LogP contribution in [0.15, 0.2) is 36.7 Å². The van der Waals surface area contributed by atoms with Gasteiger partial charge in [0.2, 0.25) is 0 Å². The lowest BCUT2D eigenvalue weighted by atomic mass is 10.3. The first kappa shape index (κ1) is 10.4. The van der Waals surface area contributed by atoms with E-state index in [1.54, 1.807) is 29.2 Å². The van der Waals surface area contributed by atoms with Crippen LogP contribution in [0.2, 0.25) is 0 Å². The summed E-state index contributed by atoms with van der Waals surface area (Å²) in [4.78, 5) is 15.8. The molecule has 2 aromatic heterocycles. The van der Waals surface area contributed by atoms with Crippen molar-refractivity contribution in [1.82, 2.24) is 9.66 Å². The van der Waals surface area contributed by atoms with Gasteiger partial charge in [-0.1, -0.05) is 0 Å². The Kier molecular flexibility index (Phi) is 2.72. The highest BCUT2D eigenvalue weighted by Crippen LogP contribution is 2.05. The molecule has 82 valence electrons. The Hall–Kier alpha value is -2.10. The Bertz CT molecular complexity index is 483. The number of aromatic nitrogens is 2. The normalized spacial score (nSPS) is 10.1. The van der Waals surface area contributed by atoms with Crippen molar-refractivity contribution in [2.45, 2.75) is 13.8 Å². The van der Waals surface area contributed by atoms with Crippen molar-refractivity contribution >= 4 is 5.91 Å². The number of nitrogens with one attached hydrogen (secondary N) is 1. The van der Waals surface area contributed by atoms with Crippen LogP contribution in [-0.2, 0) is 0 Å². The molecule has 4 nitrogen and oxygen atoms in total. The van der Waals surface area contributed by atoms with Gasteiger partial charge < -0.3 is 0 Å². The van der Waals surface area contributed by atoms with Gasteiger partial charge in [-0.05, 0) is 38.1 Å². The van der Waals surface area contributed by atoms with Crippen molar-refractivity contribution in [2.75, 3.05) is 5.43 Å². The zero-order chi connectivity index (χ0) is 11.5. The molecule has 0 radical (unpaired) electrons. The number of rotatable bonds is 2. The van der Waals surface area contributed by atoms with E-state index in [0.29, 0.717) is 5.56 Å². The molecular formula is C12H13N3O. The molecule has 0 saturated heterocycles. The second-order valence-corrected chi connectivity index (χ2v) is 3.63. The second-order valence-electron chi connectivity index (χ2n) is 3.63. The minimum Gasteiger partial charge on any atom is -0.267 e. The van der Waals surface area contributed by atoms with Gasteiger partial charge in [-0.3, -0.25) is 19.9 Å². The van der Waals surface area contributed by atoms with Gasteiger partial charge >= 0.3 is 0 Å². The lowest BCUT2D eigenvalue weighted by Crippen LogP contribution is -2.24. The molecule has 2 rings (SSSR count). The van der Waals surface area contributed by atoms with Crippen LogP contribution in [0.1, 0.15) is 21.7 Å². The van der Waals surface area contributed by atoms with Crippen LogP contribution in [0.5, 0.6) is 0 Å². The summed E-state index contributed by atoms with van der Waals surface area (Å²) in [7, 11) is 0. The van der Waals surface area contributed by atoms with Crippen molar-refractivity contribution in [1.29, 1.82) is 0 Å². The van der Waals surface area contributed by atoms with Gasteiger partial charge in [-0.2, -0.15) is 0 Å². The minimum absolute atomic E-state index is 0.157. The van der Waals surface area contributed by atoms with E-state index in [-0.39, 0.29) is 5.91 Å². The zero-order valence-corrected chi connectivity index (χ0v) is 9.27. The topological polar surface area (TPSA) is 46.9 Å². The fraction of sp³-hybridized carbons (Fsp3) is 0.167. The Morgan fingerprint density at radius 2 is 1.94 bits per heavy atom. The van der Waals surface area contributed by atoms with E-state index in [0.717, 1.165) is 11.4 Å². The van der Waals surface area contributed by atoms with E-state index in [2.05, 4.69) is 10.4 Å². The van der Waals surface area contributed by atoms with Gasteiger partial charge in [-0.25, -0.2) is 0 Å². The summed E-state index contributed by atoms with van der Waals surface area (Å²) in [6, 6.07) is 7.39. The molecule has 0 fully saturated rings. The fourth-order valence-corrected chi connectivity index (χ4v) is 1.51. The summed E-state index contributed by atoms with van der Waals surface area (Å²) < 4.78 is 1.76. The molecule has 0 aliphatic heterocycles. The smallest absolute Gasteiger partial charge is 0.267 e. The Morgan fingerprint density at radius 3 is 2.50 bits per heavy atom. The molecule has 16 heavy (non-hydrogen) atoms. The maximum absolute atomic E-state index is 11.8. The van der Waals surface area contributed by atoms with Gasteiger partial charge in [0, 0.05) is 23.8 Å². The summed E-state index contributed by atoms with van der Waals surface area (Å²) in [5, 5.41) is 0. The lowest BCUT2D eigenvalue weighted by molar-refractivity contribution is 0.101. The maximum atomic E-state index is 11.8. The number of carbonyl (C=O) groups excluding carboxylic acids is 1. The third-order valence-electron chi connectivity index (χ3n) is 2.41. The molecule has 0 spiro atoms. The third kappa shape index (κ3) is 1.95. The number of carbonyl (C=O) groups is 1. The number of hydrogen-bond donors (Lipinski definition) is 1. The quantitative estimate of drug-likeness (QED) is 0.831. The van der Waals surface area contributed by atoms with Crippen molar-refractivity contribution in [3.63, 3.8) is 0 Å². The fourth-order valence-electron chi connectivity index (χ4n) is 1.51. The molecule has 1 amide bonds. The van der Waals surface area contributed by atoms with E-state index >= 15 is 0 Å². The average molecular weight is 215 g/mol. The molecule has 1 N–H and O–H groups in total. The second kappa shape index (κ2) is 4.18. The predicted octanol–water partition coefficient (Wildman–Crippen LogP) is 1.88. The molecule has 0 aliphatic carbocycles. The van der Waals surface area contributed by atoms with Crippen LogP contribution >= 0.6 is 0 Å². The number of aryl methyl sites for hydroxylation is 2. The van der Waals surface area contributed by atoms with E-state index < -0.39 is 0 Å². The maximum Gasteiger partial charge on any atom is 0.271 e. The molecule has 0 saturated carbocycles. The highest BCUT2D eigenvalue weighted by Gasteiger charge is 2.07. The predicted molar refractivity (Wildman–Crippen MR) is 61.8 cm³/mol. The van der Waals surface area contributed by atoms with Crippen LogP contribution in [0, 0.1) is 13.8 Å². The average Bonchev–Trinajstić information content (AvgIpc) is 2.62. The summed E-state index contributed by atoms with van der Waals surface area (Å²) in [6.45, 7) is 3.88. The van der Waals surface area contributed by atoms with Gasteiger partial charge in [0.1, 0.15) is 0 Å². The number of hydrogen-bond acceptors (Lipinski definition) is 2. The summed E-state index contributed by atoms with van der Waals surface area (Å²) in [5.41, 5.74) is 5.35. The summed E-state index contributed by atoms with van der Waals surface area (Å²) in [5.74, 6) is -0.157. The zero-order valence-electron chi connectivity index (χ0n) is 9.27. The Labute approximate surface area is 93.9 Å². The molecule has 0 aromatic carbocycles. The van der Waals surface area contributed by atoms with E-state index in [1.807, 2.05) is 26.0 Å².